The topological polar surface area (TPSA) is 39.2 Å². The first kappa shape index (κ1) is 14.8. The number of carbonyl (C=O) groups excluding carboxylic acids is 1. The molecule has 5 heteroatoms. The average molecular weight is 332 g/mol. The smallest absolute Gasteiger partial charge is 0.357 e. The number of benzene rings is 2. The second-order valence-electron chi connectivity index (χ2n) is 4.71. The lowest BCUT2D eigenvalue weighted by Gasteiger charge is -2.06. The van der Waals surface area contributed by atoms with Crippen LogP contribution in [0.25, 0.3) is 10.9 Å². The normalized spacial score (nSPS) is 10.6. The van der Waals surface area contributed by atoms with E-state index in [1.165, 1.54) is 0 Å². The number of rotatable bonds is 3. The fourth-order valence-corrected chi connectivity index (χ4v) is 2.35. The van der Waals surface area contributed by atoms with Crippen LogP contribution >= 0.6 is 23.2 Å². The molecule has 0 saturated heterocycles. The molecule has 2 aromatic carbocycles. The third kappa shape index (κ3) is 3.21. The number of aromatic nitrogens is 1. The molecule has 0 unspecified atom stereocenters. The molecule has 0 aliphatic carbocycles. The first-order chi connectivity index (χ1) is 10.6. The predicted molar refractivity (Wildman–Crippen MR) is 87.3 cm³/mol. The number of pyridine rings is 1. The third-order valence-corrected chi connectivity index (χ3v) is 3.90. The zero-order valence-corrected chi connectivity index (χ0v) is 12.9. The fraction of sp³-hybridized carbons (Fsp3) is 0.0588. The molecule has 0 amide bonds. The minimum atomic E-state index is -0.475. The molecule has 110 valence electrons. The molecule has 0 aliphatic rings. The van der Waals surface area contributed by atoms with E-state index in [1.54, 1.807) is 24.3 Å². The van der Waals surface area contributed by atoms with Gasteiger partial charge in [-0.25, -0.2) is 9.78 Å². The lowest BCUT2D eigenvalue weighted by atomic mass is 10.2. The molecule has 0 fully saturated rings. The van der Waals surface area contributed by atoms with Crippen molar-refractivity contribution in [1.82, 2.24) is 4.98 Å². The standard InChI is InChI=1S/C17H11Cl2NO2/c18-13-7-5-11(9-14(13)19)10-22-17(21)16-8-6-12-3-1-2-4-15(12)20-16/h1-9H,10H2. The highest BCUT2D eigenvalue weighted by Crippen LogP contribution is 2.23. The zero-order chi connectivity index (χ0) is 15.5. The van der Waals surface area contributed by atoms with E-state index in [0.29, 0.717) is 10.0 Å². The molecule has 0 bridgehead atoms. The molecule has 0 N–H and O–H groups in total. The SMILES string of the molecule is O=C(OCc1ccc(Cl)c(Cl)c1)c1ccc2ccccc2n1. The molecule has 3 aromatic rings. The van der Waals surface area contributed by atoms with Crippen molar-refractivity contribution in [3.63, 3.8) is 0 Å². The summed E-state index contributed by atoms with van der Waals surface area (Å²) in [7, 11) is 0. The Balaban J connectivity index is 1.74. The first-order valence-corrected chi connectivity index (χ1v) is 7.36. The average Bonchev–Trinajstić information content (AvgIpc) is 2.55. The van der Waals surface area contributed by atoms with Gasteiger partial charge >= 0.3 is 5.97 Å². The van der Waals surface area contributed by atoms with E-state index >= 15 is 0 Å². The summed E-state index contributed by atoms with van der Waals surface area (Å²) in [5, 5.41) is 1.87. The summed E-state index contributed by atoms with van der Waals surface area (Å²) in [6.45, 7) is 0.115. The van der Waals surface area contributed by atoms with Crippen molar-refractivity contribution >= 4 is 40.1 Å². The van der Waals surface area contributed by atoms with Crippen LogP contribution in [-0.4, -0.2) is 11.0 Å². The van der Waals surface area contributed by atoms with Crippen molar-refractivity contribution in [1.29, 1.82) is 0 Å². The minimum Gasteiger partial charge on any atom is -0.456 e. The van der Waals surface area contributed by atoms with Crippen LogP contribution in [0.4, 0.5) is 0 Å². The summed E-state index contributed by atoms with van der Waals surface area (Å²) in [5.74, 6) is -0.475. The van der Waals surface area contributed by atoms with Gasteiger partial charge in [0, 0.05) is 5.39 Å². The van der Waals surface area contributed by atoms with Gasteiger partial charge in [-0.1, -0.05) is 53.5 Å². The van der Waals surface area contributed by atoms with Crippen LogP contribution in [0.15, 0.2) is 54.6 Å². The van der Waals surface area contributed by atoms with E-state index in [4.69, 9.17) is 27.9 Å². The van der Waals surface area contributed by atoms with Crippen LogP contribution in [0.1, 0.15) is 16.1 Å². The Morgan fingerprint density at radius 1 is 1.00 bits per heavy atom. The van der Waals surface area contributed by atoms with E-state index in [-0.39, 0.29) is 12.3 Å². The number of para-hydroxylation sites is 1. The molecular weight excluding hydrogens is 321 g/mol. The lowest BCUT2D eigenvalue weighted by Crippen LogP contribution is -2.07. The predicted octanol–water partition coefficient (Wildman–Crippen LogP) is 4.90. The molecule has 1 heterocycles. The van der Waals surface area contributed by atoms with Crippen LogP contribution in [-0.2, 0) is 11.3 Å². The summed E-state index contributed by atoms with van der Waals surface area (Å²) >= 11 is 11.8. The molecule has 1 aromatic heterocycles. The first-order valence-electron chi connectivity index (χ1n) is 6.60. The highest BCUT2D eigenvalue weighted by molar-refractivity contribution is 6.42. The molecule has 0 radical (unpaired) electrons. The highest BCUT2D eigenvalue weighted by atomic mass is 35.5. The van der Waals surface area contributed by atoms with E-state index in [1.807, 2.05) is 30.3 Å². The van der Waals surface area contributed by atoms with Gasteiger partial charge in [-0.2, -0.15) is 0 Å². The van der Waals surface area contributed by atoms with Gasteiger partial charge in [-0.15, -0.1) is 0 Å². The number of ether oxygens (including phenoxy) is 1. The van der Waals surface area contributed by atoms with Gasteiger partial charge in [0.05, 0.1) is 15.6 Å². The molecule has 0 saturated carbocycles. The number of hydrogen-bond donors (Lipinski definition) is 0. The van der Waals surface area contributed by atoms with Crippen molar-refractivity contribution in [3.8, 4) is 0 Å². The van der Waals surface area contributed by atoms with Crippen LogP contribution in [0.2, 0.25) is 10.0 Å². The minimum absolute atomic E-state index is 0.115. The van der Waals surface area contributed by atoms with Crippen LogP contribution in [0.5, 0.6) is 0 Å². The molecule has 0 spiro atoms. The number of hydrogen-bond acceptors (Lipinski definition) is 3. The molecule has 0 atom stereocenters. The Bertz CT molecular complexity index is 849. The molecule has 22 heavy (non-hydrogen) atoms. The fourth-order valence-electron chi connectivity index (χ4n) is 2.03. The van der Waals surface area contributed by atoms with E-state index in [2.05, 4.69) is 4.98 Å². The van der Waals surface area contributed by atoms with Gasteiger partial charge in [0.25, 0.3) is 0 Å². The summed E-state index contributed by atoms with van der Waals surface area (Å²) in [5.41, 5.74) is 1.80. The van der Waals surface area contributed by atoms with E-state index < -0.39 is 5.97 Å². The summed E-state index contributed by atoms with van der Waals surface area (Å²) < 4.78 is 5.25. The van der Waals surface area contributed by atoms with Crippen molar-refractivity contribution in [2.24, 2.45) is 0 Å². The molecule has 3 nitrogen and oxygen atoms in total. The monoisotopic (exact) mass is 331 g/mol. The maximum atomic E-state index is 12.1. The number of fused-ring (bicyclic) bond motifs is 1. The largest absolute Gasteiger partial charge is 0.456 e. The number of halogens is 2. The van der Waals surface area contributed by atoms with E-state index in [9.17, 15) is 4.79 Å². The quantitative estimate of drug-likeness (QED) is 0.641. The molecular formula is C17H11Cl2NO2. The molecule has 3 rings (SSSR count). The Morgan fingerprint density at radius 3 is 2.64 bits per heavy atom. The summed E-state index contributed by atoms with van der Waals surface area (Å²) in [4.78, 5) is 16.4. The van der Waals surface area contributed by atoms with Crippen molar-refractivity contribution < 1.29 is 9.53 Å². The number of nitrogens with zero attached hydrogens (tertiary/aromatic N) is 1. The number of esters is 1. The maximum Gasteiger partial charge on any atom is 0.357 e. The van der Waals surface area contributed by atoms with Crippen LogP contribution < -0.4 is 0 Å². The Hall–Kier alpha value is -2.10. The van der Waals surface area contributed by atoms with Gasteiger partial charge in [0.1, 0.15) is 12.3 Å². The summed E-state index contributed by atoms with van der Waals surface area (Å²) in [6.07, 6.45) is 0. The third-order valence-electron chi connectivity index (χ3n) is 3.16. The Morgan fingerprint density at radius 2 is 1.82 bits per heavy atom. The van der Waals surface area contributed by atoms with Crippen molar-refractivity contribution in [2.45, 2.75) is 6.61 Å². The highest BCUT2D eigenvalue weighted by Gasteiger charge is 2.10. The van der Waals surface area contributed by atoms with Gasteiger partial charge in [-0.05, 0) is 29.8 Å². The van der Waals surface area contributed by atoms with Gasteiger partial charge < -0.3 is 4.74 Å². The van der Waals surface area contributed by atoms with Gasteiger partial charge in [0.15, 0.2) is 0 Å². The summed E-state index contributed by atoms with van der Waals surface area (Å²) in [6, 6.07) is 16.2. The Kier molecular flexibility index (Phi) is 4.27. The lowest BCUT2D eigenvalue weighted by molar-refractivity contribution is 0.0466. The van der Waals surface area contributed by atoms with Crippen molar-refractivity contribution in [2.75, 3.05) is 0 Å². The van der Waals surface area contributed by atoms with Gasteiger partial charge in [0.2, 0.25) is 0 Å². The molecule has 0 aliphatic heterocycles. The number of carbonyl (C=O) groups is 1. The van der Waals surface area contributed by atoms with Gasteiger partial charge in [-0.3, -0.25) is 0 Å². The maximum absolute atomic E-state index is 12.1. The van der Waals surface area contributed by atoms with Crippen molar-refractivity contribution in [3.05, 3.63) is 75.9 Å². The Labute approximate surface area is 137 Å². The van der Waals surface area contributed by atoms with E-state index in [0.717, 1.165) is 16.5 Å². The van der Waals surface area contributed by atoms with Crippen LogP contribution in [0, 0.1) is 0 Å². The second-order valence-corrected chi connectivity index (χ2v) is 5.53. The van der Waals surface area contributed by atoms with Crippen LogP contribution in [0.3, 0.4) is 0 Å². The zero-order valence-electron chi connectivity index (χ0n) is 11.4. The second kappa shape index (κ2) is 6.34.